The van der Waals surface area contributed by atoms with E-state index in [4.69, 9.17) is 16.3 Å². The molecule has 4 rings (SSSR count). The van der Waals surface area contributed by atoms with Gasteiger partial charge < -0.3 is 10.1 Å². The second kappa shape index (κ2) is 9.62. The Hall–Kier alpha value is -3.71. The third-order valence-electron chi connectivity index (χ3n) is 5.31. The highest BCUT2D eigenvalue weighted by atomic mass is 35.5. The van der Waals surface area contributed by atoms with Gasteiger partial charge in [0.15, 0.2) is 0 Å². The van der Waals surface area contributed by atoms with Crippen LogP contribution in [0, 0.1) is 10.1 Å². The zero-order valence-corrected chi connectivity index (χ0v) is 17.8. The van der Waals surface area contributed by atoms with Gasteiger partial charge in [0.25, 0.3) is 0 Å². The van der Waals surface area contributed by atoms with Crippen LogP contribution >= 0.6 is 11.6 Å². The van der Waals surface area contributed by atoms with Crippen LogP contribution in [0.4, 0.5) is 10.5 Å². The Kier molecular flexibility index (Phi) is 6.47. The molecule has 7 nitrogen and oxygen atoms in total. The third-order valence-corrected chi connectivity index (χ3v) is 5.72. The Morgan fingerprint density at radius 1 is 1.12 bits per heavy atom. The first-order chi connectivity index (χ1) is 15.6. The first-order valence-electron chi connectivity index (χ1n) is 10.1. The predicted molar refractivity (Wildman–Crippen MR) is 123 cm³/mol. The predicted octanol–water partition coefficient (Wildman–Crippen LogP) is 5.59. The summed E-state index contributed by atoms with van der Waals surface area (Å²) in [5.41, 5.74) is 4.87. The molecule has 0 aliphatic heterocycles. The second-order valence-corrected chi connectivity index (χ2v) is 7.64. The van der Waals surface area contributed by atoms with Crippen molar-refractivity contribution in [1.82, 2.24) is 10.3 Å². The molecule has 1 N–H and O–H groups in total. The standard InChI is InChI=1S/C24H20ClN3O4/c25-23-16(13-26-14-22(23)28(30)31)7-5-6-12-27-24(29)32-15-21-19-10-3-1-8-17(19)18-9-2-4-11-20(18)21/h1-5,7-11,13-14,21H,6,12,15H2,(H,27,29). The number of benzene rings is 2. The van der Waals surface area contributed by atoms with Crippen molar-refractivity contribution < 1.29 is 14.5 Å². The van der Waals surface area contributed by atoms with Crippen LogP contribution in [0.5, 0.6) is 0 Å². The van der Waals surface area contributed by atoms with Crippen molar-refractivity contribution >= 4 is 29.5 Å². The first-order valence-corrected chi connectivity index (χ1v) is 10.5. The van der Waals surface area contributed by atoms with E-state index in [1.807, 2.05) is 24.3 Å². The fourth-order valence-electron chi connectivity index (χ4n) is 3.81. The van der Waals surface area contributed by atoms with E-state index in [0.29, 0.717) is 18.5 Å². The minimum absolute atomic E-state index is 0.0107. The molecule has 0 unspecified atom stereocenters. The van der Waals surface area contributed by atoms with Crippen molar-refractivity contribution in [3.8, 4) is 11.1 Å². The molecule has 1 aliphatic rings. The van der Waals surface area contributed by atoms with Crippen LogP contribution < -0.4 is 5.32 Å². The van der Waals surface area contributed by atoms with E-state index in [1.54, 1.807) is 12.2 Å². The largest absolute Gasteiger partial charge is 0.449 e. The molecule has 8 heteroatoms. The smallest absolute Gasteiger partial charge is 0.407 e. The maximum absolute atomic E-state index is 12.2. The van der Waals surface area contributed by atoms with E-state index in [1.165, 1.54) is 17.3 Å². The number of nitrogens with zero attached hydrogens (tertiary/aromatic N) is 2. The molecule has 3 aromatic rings. The van der Waals surface area contributed by atoms with E-state index >= 15 is 0 Å². The molecule has 162 valence electrons. The van der Waals surface area contributed by atoms with Crippen molar-refractivity contribution in [2.75, 3.05) is 13.2 Å². The number of nitrogens with one attached hydrogen (secondary N) is 1. The van der Waals surface area contributed by atoms with E-state index in [0.717, 1.165) is 17.3 Å². The summed E-state index contributed by atoms with van der Waals surface area (Å²) in [6, 6.07) is 16.3. The van der Waals surface area contributed by atoms with E-state index in [2.05, 4.69) is 34.6 Å². The number of pyridine rings is 1. The van der Waals surface area contributed by atoms with Gasteiger partial charge in [0.1, 0.15) is 17.8 Å². The summed E-state index contributed by atoms with van der Waals surface area (Å²) in [6.45, 7) is 0.609. The highest BCUT2D eigenvalue weighted by Crippen LogP contribution is 2.44. The Bertz CT molecular complexity index is 1150. The number of carbonyl (C=O) groups is 1. The summed E-state index contributed by atoms with van der Waals surface area (Å²) in [6.07, 6.45) is 5.97. The van der Waals surface area contributed by atoms with Crippen molar-refractivity contribution in [3.63, 3.8) is 0 Å². The molecule has 0 saturated carbocycles. The molecule has 1 heterocycles. The second-order valence-electron chi connectivity index (χ2n) is 7.26. The number of hydrogen-bond donors (Lipinski definition) is 1. The molecule has 32 heavy (non-hydrogen) atoms. The molecule has 0 bridgehead atoms. The third kappa shape index (κ3) is 4.48. The van der Waals surface area contributed by atoms with Crippen molar-refractivity contribution in [1.29, 1.82) is 0 Å². The lowest BCUT2D eigenvalue weighted by molar-refractivity contribution is -0.385. The fourth-order valence-corrected chi connectivity index (χ4v) is 4.04. The molecule has 0 saturated heterocycles. The number of carbonyl (C=O) groups excluding carboxylic acids is 1. The Morgan fingerprint density at radius 3 is 2.44 bits per heavy atom. The first kappa shape index (κ1) is 21.5. The number of amides is 1. The number of ether oxygens (including phenoxy) is 1. The Balaban J connectivity index is 1.28. The molecular weight excluding hydrogens is 430 g/mol. The van der Waals surface area contributed by atoms with Crippen LogP contribution in [0.3, 0.4) is 0 Å². The van der Waals surface area contributed by atoms with Crippen molar-refractivity contribution in [2.24, 2.45) is 0 Å². The van der Waals surface area contributed by atoms with Gasteiger partial charge in [-0.15, -0.1) is 0 Å². The van der Waals surface area contributed by atoms with Gasteiger partial charge in [-0.2, -0.15) is 0 Å². The van der Waals surface area contributed by atoms with E-state index in [-0.39, 0.29) is 23.2 Å². The molecule has 0 atom stereocenters. The highest BCUT2D eigenvalue weighted by molar-refractivity contribution is 6.34. The van der Waals surface area contributed by atoms with Crippen LogP contribution in [-0.4, -0.2) is 29.2 Å². The number of rotatable bonds is 7. The average Bonchev–Trinajstić information content (AvgIpc) is 3.12. The van der Waals surface area contributed by atoms with Gasteiger partial charge in [0.2, 0.25) is 0 Å². The average molecular weight is 450 g/mol. The number of hydrogen-bond acceptors (Lipinski definition) is 5. The Morgan fingerprint density at radius 2 is 1.78 bits per heavy atom. The summed E-state index contributed by atoms with van der Waals surface area (Å²) in [5, 5.41) is 13.7. The molecule has 1 aliphatic carbocycles. The van der Waals surface area contributed by atoms with Gasteiger partial charge in [0, 0.05) is 24.2 Å². The lowest BCUT2D eigenvalue weighted by atomic mass is 9.98. The van der Waals surface area contributed by atoms with Gasteiger partial charge in [-0.1, -0.05) is 72.3 Å². The molecular formula is C24H20ClN3O4. The van der Waals surface area contributed by atoms with Crippen LogP contribution in [0.15, 0.2) is 67.0 Å². The number of aromatic nitrogens is 1. The zero-order chi connectivity index (χ0) is 22.5. The molecule has 0 fully saturated rings. The summed E-state index contributed by atoms with van der Waals surface area (Å²) in [4.78, 5) is 26.3. The number of nitro groups is 1. The topological polar surface area (TPSA) is 94.4 Å². The van der Waals surface area contributed by atoms with Crippen LogP contribution in [0.1, 0.15) is 29.0 Å². The molecule has 0 radical (unpaired) electrons. The number of alkyl carbamates (subject to hydrolysis) is 1. The zero-order valence-electron chi connectivity index (χ0n) is 17.0. The number of fused-ring (bicyclic) bond motifs is 3. The van der Waals surface area contributed by atoms with Crippen LogP contribution in [0.2, 0.25) is 5.02 Å². The molecule has 0 spiro atoms. The van der Waals surface area contributed by atoms with Crippen LogP contribution in [-0.2, 0) is 4.74 Å². The van der Waals surface area contributed by atoms with Crippen molar-refractivity contribution in [2.45, 2.75) is 12.3 Å². The summed E-state index contributed by atoms with van der Waals surface area (Å²) >= 11 is 6.02. The monoisotopic (exact) mass is 449 g/mol. The lowest BCUT2D eigenvalue weighted by Crippen LogP contribution is -2.26. The van der Waals surface area contributed by atoms with E-state index in [9.17, 15) is 14.9 Å². The molecule has 1 aromatic heterocycles. The van der Waals surface area contributed by atoms with Gasteiger partial charge in [-0.05, 0) is 28.7 Å². The maximum Gasteiger partial charge on any atom is 0.407 e. The summed E-state index contributed by atoms with van der Waals surface area (Å²) in [5.74, 6) is 0.0107. The van der Waals surface area contributed by atoms with Crippen molar-refractivity contribution in [3.05, 3.63) is 98.8 Å². The normalized spacial score (nSPS) is 12.4. The number of halogens is 1. The minimum atomic E-state index is -0.578. The summed E-state index contributed by atoms with van der Waals surface area (Å²) in [7, 11) is 0. The van der Waals surface area contributed by atoms with E-state index < -0.39 is 11.0 Å². The SMILES string of the molecule is O=C(NCCC=Cc1cncc([N+](=O)[O-])c1Cl)OCC1c2ccccc2-c2ccccc21. The fraction of sp³-hybridized carbons (Fsp3) is 0.167. The quantitative estimate of drug-likeness (QED) is 0.288. The molecule has 2 aromatic carbocycles. The van der Waals surface area contributed by atoms with Gasteiger partial charge >= 0.3 is 11.8 Å². The van der Waals surface area contributed by atoms with Gasteiger partial charge in [0.05, 0.1) is 4.92 Å². The Labute approximate surface area is 189 Å². The highest BCUT2D eigenvalue weighted by Gasteiger charge is 2.28. The van der Waals surface area contributed by atoms with Crippen LogP contribution in [0.25, 0.3) is 17.2 Å². The summed E-state index contributed by atoms with van der Waals surface area (Å²) < 4.78 is 5.49. The maximum atomic E-state index is 12.2. The van der Waals surface area contributed by atoms with Gasteiger partial charge in [-0.3, -0.25) is 15.1 Å². The minimum Gasteiger partial charge on any atom is -0.449 e. The lowest BCUT2D eigenvalue weighted by Gasteiger charge is -2.14. The van der Waals surface area contributed by atoms with Gasteiger partial charge in [-0.25, -0.2) is 4.79 Å². The molecule has 1 amide bonds.